The number of hydrogen-bond donors (Lipinski definition) is 0. The van der Waals surface area contributed by atoms with E-state index in [4.69, 9.17) is 21.1 Å². The smallest absolute Gasteiger partial charge is 0.159 e. The quantitative estimate of drug-likeness (QED) is 0.783. The molecule has 0 amide bonds. The molecule has 0 saturated carbocycles. The van der Waals surface area contributed by atoms with Crippen molar-refractivity contribution in [2.24, 2.45) is 0 Å². The van der Waals surface area contributed by atoms with Crippen LogP contribution in [-0.2, 0) is 0 Å². The van der Waals surface area contributed by atoms with Crippen LogP contribution in [0.3, 0.4) is 0 Å². The Bertz CT molecular complexity index is 595. The van der Waals surface area contributed by atoms with Gasteiger partial charge in [-0.1, -0.05) is 12.1 Å². The fourth-order valence-electron chi connectivity index (χ4n) is 1.97. The molecule has 2 aromatic rings. The van der Waals surface area contributed by atoms with E-state index in [2.05, 4.69) is 0 Å². The molecular formula is C15H13ClF2O2. The van der Waals surface area contributed by atoms with Crippen LogP contribution in [0.15, 0.2) is 36.4 Å². The van der Waals surface area contributed by atoms with E-state index in [1.165, 1.54) is 20.3 Å². The van der Waals surface area contributed by atoms with Crippen molar-refractivity contribution in [3.8, 4) is 11.5 Å². The summed E-state index contributed by atoms with van der Waals surface area (Å²) in [5.74, 6) is -0.810. The first-order valence-electron chi connectivity index (χ1n) is 5.88. The van der Waals surface area contributed by atoms with Crippen LogP contribution >= 0.6 is 11.6 Å². The molecule has 0 aliphatic heterocycles. The maximum atomic E-state index is 13.3. The summed E-state index contributed by atoms with van der Waals surface area (Å²) in [6, 6.07) is 8.76. The average molecular weight is 299 g/mol. The lowest BCUT2D eigenvalue weighted by atomic mass is 10.0. The van der Waals surface area contributed by atoms with Crippen LogP contribution in [0.2, 0.25) is 0 Å². The van der Waals surface area contributed by atoms with E-state index in [1.807, 2.05) is 0 Å². The summed E-state index contributed by atoms with van der Waals surface area (Å²) in [6.07, 6.45) is 0. The molecule has 0 saturated heterocycles. The molecule has 0 aliphatic carbocycles. The predicted octanol–water partition coefficient (Wildman–Crippen LogP) is 4.31. The van der Waals surface area contributed by atoms with Crippen LogP contribution in [0, 0.1) is 11.6 Å². The number of alkyl halides is 1. The molecule has 2 aromatic carbocycles. The van der Waals surface area contributed by atoms with Gasteiger partial charge in [0, 0.05) is 0 Å². The molecule has 0 fully saturated rings. The van der Waals surface area contributed by atoms with Crippen molar-refractivity contribution < 1.29 is 18.3 Å². The third-order valence-electron chi connectivity index (χ3n) is 2.96. The minimum Gasteiger partial charge on any atom is -0.496 e. The van der Waals surface area contributed by atoms with Gasteiger partial charge >= 0.3 is 0 Å². The molecule has 1 unspecified atom stereocenters. The number of rotatable bonds is 4. The van der Waals surface area contributed by atoms with E-state index in [0.717, 1.165) is 12.1 Å². The highest BCUT2D eigenvalue weighted by Gasteiger charge is 2.21. The van der Waals surface area contributed by atoms with Gasteiger partial charge in [-0.2, -0.15) is 0 Å². The summed E-state index contributed by atoms with van der Waals surface area (Å²) >= 11 is 6.37. The van der Waals surface area contributed by atoms with Gasteiger partial charge in [0.15, 0.2) is 11.6 Å². The molecule has 0 aromatic heterocycles. The largest absolute Gasteiger partial charge is 0.496 e. The molecule has 0 N–H and O–H groups in total. The molecule has 0 bridgehead atoms. The lowest BCUT2D eigenvalue weighted by Crippen LogP contribution is -2.02. The summed E-state index contributed by atoms with van der Waals surface area (Å²) in [5.41, 5.74) is 0.999. The molecule has 2 nitrogen and oxygen atoms in total. The van der Waals surface area contributed by atoms with Crippen molar-refractivity contribution in [2.45, 2.75) is 5.38 Å². The Morgan fingerprint density at radius 1 is 0.950 bits per heavy atom. The zero-order chi connectivity index (χ0) is 14.7. The van der Waals surface area contributed by atoms with Crippen LogP contribution < -0.4 is 9.47 Å². The monoisotopic (exact) mass is 298 g/mol. The topological polar surface area (TPSA) is 18.5 Å². The minimum atomic E-state index is -0.943. The zero-order valence-corrected chi connectivity index (χ0v) is 11.7. The molecule has 0 spiro atoms. The fourth-order valence-corrected chi connectivity index (χ4v) is 2.32. The zero-order valence-electron chi connectivity index (χ0n) is 11.0. The van der Waals surface area contributed by atoms with Crippen LogP contribution in [0.25, 0.3) is 0 Å². The summed E-state index contributed by atoms with van der Waals surface area (Å²) in [5, 5.41) is -0.712. The first-order chi connectivity index (χ1) is 9.58. The summed E-state index contributed by atoms with van der Waals surface area (Å²) in [6.45, 7) is 0. The molecule has 106 valence electrons. The molecule has 0 radical (unpaired) electrons. The van der Waals surface area contributed by atoms with Crippen molar-refractivity contribution in [2.75, 3.05) is 14.2 Å². The van der Waals surface area contributed by atoms with Gasteiger partial charge in [-0.15, -0.1) is 11.6 Å². The average Bonchev–Trinajstić information content (AvgIpc) is 2.48. The molecule has 20 heavy (non-hydrogen) atoms. The van der Waals surface area contributed by atoms with E-state index in [0.29, 0.717) is 22.6 Å². The highest BCUT2D eigenvalue weighted by molar-refractivity contribution is 6.23. The van der Waals surface area contributed by atoms with E-state index in [-0.39, 0.29) is 0 Å². The Balaban J connectivity index is 2.51. The Labute approximate surface area is 120 Å². The lowest BCUT2D eigenvalue weighted by Gasteiger charge is -2.17. The van der Waals surface area contributed by atoms with Gasteiger partial charge in [-0.05, 0) is 29.8 Å². The van der Waals surface area contributed by atoms with Crippen LogP contribution in [0.1, 0.15) is 16.5 Å². The predicted molar refractivity (Wildman–Crippen MR) is 73.6 cm³/mol. The summed E-state index contributed by atoms with van der Waals surface area (Å²) in [4.78, 5) is 0. The molecule has 0 heterocycles. The number of halogens is 3. The van der Waals surface area contributed by atoms with Crippen LogP contribution in [0.4, 0.5) is 8.78 Å². The van der Waals surface area contributed by atoms with Crippen molar-refractivity contribution in [3.05, 3.63) is 59.2 Å². The van der Waals surface area contributed by atoms with Gasteiger partial charge < -0.3 is 9.47 Å². The highest BCUT2D eigenvalue weighted by Crippen LogP contribution is 2.41. The van der Waals surface area contributed by atoms with E-state index in [9.17, 15) is 8.78 Å². The van der Waals surface area contributed by atoms with E-state index >= 15 is 0 Å². The SMILES string of the molecule is COc1cccc(OC)c1C(Cl)c1ccc(F)c(F)c1. The Hall–Kier alpha value is -1.81. The number of hydrogen-bond acceptors (Lipinski definition) is 2. The Morgan fingerprint density at radius 2 is 1.55 bits per heavy atom. The fraction of sp³-hybridized carbons (Fsp3) is 0.200. The van der Waals surface area contributed by atoms with Crippen molar-refractivity contribution >= 4 is 11.6 Å². The molecule has 5 heteroatoms. The Kier molecular flexibility index (Phi) is 4.45. The van der Waals surface area contributed by atoms with Gasteiger partial charge in [-0.25, -0.2) is 8.78 Å². The first-order valence-corrected chi connectivity index (χ1v) is 6.32. The lowest BCUT2D eigenvalue weighted by molar-refractivity contribution is 0.386. The van der Waals surface area contributed by atoms with Gasteiger partial charge in [-0.3, -0.25) is 0 Å². The minimum absolute atomic E-state index is 0.424. The van der Waals surface area contributed by atoms with Crippen molar-refractivity contribution in [1.82, 2.24) is 0 Å². The molecular weight excluding hydrogens is 286 g/mol. The van der Waals surface area contributed by atoms with Gasteiger partial charge in [0.05, 0.1) is 25.2 Å². The second-order valence-electron chi connectivity index (χ2n) is 4.11. The maximum Gasteiger partial charge on any atom is 0.159 e. The van der Waals surface area contributed by atoms with Crippen molar-refractivity contribution in [1.29, 1.82) is 0 Å². The van der Waals surface area contributed by atoms with Gasteiger partial charge in [0.25, 0.3) is 0 Å². The second-order valence-corrected chi connectivity index (χ2v) is 4.55. The van der Waals surface area contributed by atoms with Crippen LogP contribution in [0.5, 0.6) is 11.5 Å². The maximum absolute atomic E-state index is 13.3. The summed E-state index contributed by atoms with van der Waals surface area (Å²) < 4.78 is 36.8. The van der Waals surface area contributed by atoms with Gasteiger partial charge in [0.2, 0.25) is 0 Å². The Morgan fingerprint density at radius 3 is 2.05 bits per heavy atom. The van der Waals surface area contributed by atoms with Crippen molar-refractivity contribution in [3.63, 3.8) is 0 Å². The second kappa shape index (κ2) is 6.09. The molecule has 2 rings (SSSR count). The molecule has 0 aliphatic rings. The number of methoxy groups -OCH3 is 2. The number of benzene rings is 2. The number of ether oxygens (including phenoxy) is 2. The first kappa shape index (κ1) is 14.6. The highest BCUT2D eigenvalue weighted by atomic mass is 35.5. The standard InChI is InChI=1S/C15H13ClF2O2/c1-19-12-4-3-5-13(20-2)14(12)15(16)9-6-7-10(17)11(18)8-9/h3-8,15H,1-2H3. The third-order valence-corrected chi connectivity index (χ3v) is 3.43. The van der Waals surface area contributed by atoms with E-state index < -0.39 is 17.0 Å². The van der Waals surface area contributed by atoms with Crippen LogP contribution in [-0.4, -0.2) is 14.2 Å². The normalized spacial score (nSPS) is 12.1. The van der Waals surface area contributed by atoms with Gasteiger partial charge in [0.1, 0.15) is 11.5 Å². The third kappa shape index (κ3) is 2.70. The molecule has 1 atom stereocenters. The summed E-state index contributed by atoms with van der Waals surface area (Å²) in [7, 11) is 3.01. The van der Waals surface area contributed by atoms with E-state index in [1.54, 1.807) is 18.2 Å².